The Hall–Kier alpha value is -4.43. The van der Waals surface area contributed by atoms with E-state index in [0.717, 1.165) is 24.8 Å². The second kappa shape index (κ2) is 16.0. The van der Waals surface area contributed by atoms with Crippen molar-refractivity contribution in [1.82, 2.24) is 10.6 Å². The second-order valence-corrected chi connectivity index (χ2v) is 10.5. The minimum absolute atomic E-state index is 0.0133. The standard InChI is InChI=1S/C27H31N3O10S/c31-24(28-33)11-6-1-2-7-18-37-22-15-12-21(13-16-22)14-17-25(32)38-19-8-20-39-26-27(30(34)40-29-26)41(35,36)23-9-4-3-5-10-23/h3-5,9-10,12-17,33H,1-2,6-8,11,18-20H2,(H,28,31). The van der Waals surface area contributed by atoms with Gasteiger partial charge in [0.05, 0.1) is 29.9 Å². The fourth-order valence-electron chi connectivity index (χ4n) is 3.52. The Morgan fingerprint density at radius 3 is 2.39 bits per heavy atom. The van der Waals surface area contributed by atoms with E-state index in [1.54, 1.807) is 41.9 Å². The highest BCUT2D eigenvalue weighted by Crippen LogP contribution is 2.25. The summed E-state index contributed by atoms with van der Waals surface area (Å²) >= 11 is 0. The van der Waals surface area contributed by atoms with Crippen LogP contribution in [-0.4, -0.2) is 50.5 Å². The minimum atomic E-state index is -4.21. The number of hydrogen-bond donors (Lipinski definition) is 2. The summed E-state index contributed by atoms with van der Waals surface area (Å²) in [4.78, 5) is 22.6. The molecule has 3 aromatic rings. The summed E-state index contributed by atoms with van der Waals surface area (Å²) in [5, 5.41) is 22.9. The Morgan fingerprint density at radius 2 is 1.66 bits per heavy atom. The number of carbonyl (C=O) groups excluding carboxylic acids is 2. The molecule has 2 N–H and O–H groups in total. The van der Waals surface area contributed by atoms with Gasteiger partial charge in [-0.05, 0) is 53.6 Å². The lowest BCUT2D eigenvalue weighted by Gasteiger charge is -2.06. The SMILES string of the molecule is O=C(CCCCCCOc1ccc(C=CC(=O)OCCCOc2no[n+]([O-])c2S(=O)(=O)c2ccccc2)cc1)NO. The van der Waals surface area contributed by atoms with Crippen LogP contribution >= 0.6 is 0 Å². The van der Waals surface area contributed by atoms with E-state index in [4.69, 9.17) is 19.4 Å². The van der Waals surface area contributed by atoms with Gasteiger partial charge in [-0.1, -0.05) is 43.2 Å². The quantitative estimate of drug-likeness (QED) is 0.0590. The van der Waals surface area contributed by atoms with Crippen LogP contribution < -0.4 is 19.9 Å². The Balaban J connectivity index is 1.33. The van der Waals surface area contributed by atoms with E-state index in [1.165, 1.54) is 30.3 Å². The lowest BCUT2D eigenvalue weighted by atomic mass is 10.1. The van der Waals surface area contributed by atoms with Crippen molar-refractivity contribution in [1.29, 1.82) is 0 Å². The van der Waals surface area contributed by atoms with Crippen molar-refractivity contribution in [3.05, 3.63) is 71.4 Å². The maximum absolute atomic E-state index is 12.7. The highest BCUT2D eigenvalue weighted by molar-refractivity contribution is 7.91. The first kappa shape index (κ1) is 31.1. The highest BCUT2D eigenvalue weighted by Gasteiger charge is 2.35. The minimum Gasteiger partial charge on any atom is -0.494 e. The van der Waals surface area contributed by atoms with Gasteiger partial charge in [0, 0.05) is 18.9 Å². The van der Waals surface area contributed by atoms with Crippen LogP contribution in [-0.2, 0) is 24.2 Å². The van der Waals surface area contributed by atoms with Crippen molar-refractivity contribution in [2.24, 2.45) is 0 Å². The van der Waals surface area contributed by atoms with E-state index in [0.29, 0.717) is 25.2 Å². The van der Waals surface area contributed by atoms with Crippen LogP contribution in [0.1, 0.15) is 44.1 Å². The molecule has 0 fully saturated rings. The zero-order valence-corrected chi connectivity index (χ0v) is 23.0. The number of carbonyl (C=O) groups is 2. The monoisotopic (exact) mass is 589 g/mol. The van der Waals surface area contributed by atoms with Crippen LogP contribution in [0.3, 0.4) is 0 Å². The number of rotatable bonds is 17. The van der Waals surface area contributed by atoms with Crippen molar-refractivity contribution >= 4 is 27.8 Å². The third-order valence-electron chi connectivity index (χ3n) is 5.61. The molecule has 0 atom stereocenters. The predicted octanol–water partition coefficient (Wildman–Crippen LogP) is 3.00. The van der Waals surface area contributed by atoms with Crippen molar-refractivity contribution < 1.29 is 47.0 Å². The number of hydroxylamine groups is 1. The van der Waals surface area contributed by atoms with Gasteiger partial charge >= 0.3 is 16.9 Å². The van der Waals surface area contributed by atoms with Gasteiger partial charge in [0.25, 0.3) is 9.84 Å². The summed E-state index contributed by atoms with van der Waals surface area (Å²) in [5.74, 6) is -0.745. The molecule has 220 valence electrons. The summed E-state index contributed by atoms with van der Waals surface area (Å²) in [6, 6.07) is 14.5. The first-order valence-corrected chi connectivity index (χ1v) is 14.3. The zero-order chi connectivity index (χ0) is 29.5. The molecule has 0 radical (unpaired) electrons. The number of nitrogens with zero attached hydrogens (tertiary/aromatic N) is 2. The first-order chi connectivity index (χ1) is 19.8. The first-order valence-electron chi connectivity index (χ1n) is 12.8. The summed E-state index contributed by atoms with van der Waals surface area (Å²) < 4.78 is 46.0. The van der Waals surface area contributed by atoms with E-state index in [2.05, 4.69) is 9.79 Å². The molecule has 13 nitrogen and oxygen atoms in total. The number of benzene rings is 2. The molecule has 0 saturated heterocycles. The fourth-order valence-corrected chi connectivity index (χ4v) is 4.81. The molecule has 0 unspecified atom stereocenters. The van der Waals surface area contributed by atoms with Crippen molar-refractivity contribution in [3.63, 3.8) is 0 Å². The van der Waals surface area contributed by atoms with Gasteiger partial charge in [0.1, 0.15) is 5.75 Å². The molecule has 1 amide bonds. The van der Waals surface area contributed by atoms with Crippen molar-refractivity contribution in [3.8, 4) is 11.6 Å². The van der Waals surface area contributed by atoms with Crippen LogP contribution in [0.15, 0.2) is 75.2 Å². The Morgan fingerprint density at radius 1 is 0.951 bits per heavy atom. The lowest BCUT2D eigenvalue weighted by molar-refractivity contribution is -0.832. The number of amides is 1. The van der Waals surface area contributed by atoms with Gasteiger partial charge in [-0.25, -0.2) is 18.7 Å². The van der Waals surface area contributed by atoms with Crippen molar-refractivity contribution in [2.75, 3.05) is 19.8 Å². The molecular weight excluding hydrogens is 558 g/mol. The Kier molecular flexibility index (Phi) is 12.1. The summed E-state index contributed by atoms with van der Waals surface area (Å²) in [7, 11) is -4.21. The van der Waals surface area contributed by atoms with E-state index in [-0.39, 0.29) is 35.3 Å². The van der Waals surface area contributed by atoms with Crippen LogP contribution in [0.2, 0.25) is 0 Å². The summed E-state index contributed by atoms with van der Waals surface area (Å²) in [5.41, 5.74) is 2.38. The lowest BCUT2D eigenvalue weighted by Crippen LogP contribution is -2.31. The predicted molar refractivity (Wildman–Crippen MR) is 142 cm³/mol. The summed E-state index contributed by atoms with van der Waals surface area (Å²) in [6.07, 6.45) is 6.69. The van der Waals surface area contributed by atoms with Crippen LogP contribution in [0, 0.1) is 5.21 Å². The van der Waals surface area contributed by atoms with Crippen molar-refractivity contribution in [2.45, 2.75) is 48.4 Å². The summed E-state index contributed by atoms with van der Waals surface area (Å²) in [6.45, 7) is 0.443. The number of aromatic nitrogens is 2. The number of sulfone groups is 1. The smallest absolute Gasteiger partial charge is 0.414 e. The second-order valence-electron chi connectivity index (χ2n) is 8.68. The maximum atomic E-state index is 12.7. The molecule has 14 heteroatoms. The molecule has 0 aliphatic carbocycles. The molecule has 0 saturated carbocycles. The molecule has 0 aliphatic heterocycles. The van der Waals surface area contributed by atoms with Crippen LogP contribution in [0.25, 0.3) is 6.08 Å². The van der Waals surface area contributed by atoms with Gasteiger partial charge in [0.2, 0.25) is 5.91 Å². The highest BCUT2D eigenvalue weighted by atomic mass is 32.2. The van der Waals surface area contributed by atoms with Gasteiger partial charge in [-0.15, -0.1) is 0 Å². The molecule has 0 spiro atoms. The number of hydrogen-bond acceptors (Lipinski definition) is 11. The van der Waals surface area contributed by atoms with E-state index < -0.39 is 26.7 Å². The molecule has 0 bridgehead atoms. The largest absolute Gasteiger partial charge is 0.494 e. The van der Waals surface area contributed by atoms with Crippen LogP contribution in [0.4, 0.5) is 0 Å². The van der Waals surface area contributed by atoms with E-state index in [1.807, 2.05) is 0 Å². The molecule has 1 aromatic heterocycles. The van der Waals surface area contributed by atoms with E-state index >= 15 is 0 Å². The number of ether oxygens (including phenoxy) is 3. The zero-order valence-electron chi connectivity index (χ0n) is 22.1. The van der Waals surface area contributed by atoms with E-state index in [9.17, 15) is 23.2 Å². The van der Waals surface area contributed by atoms with Crippen LogP contribution in [0.5, 0.6) is 11.6 Å². The third-order valence-corrected chi connectivity index (χ3v) is 7.34. The molecule has 3 rings (SSSR count). The van der Waals surface area contributed by atoms with Gasteiger partial charge < -0.3 is 19.4 Å². The number of unbranched alkanes of at least 4 members (excludes halogenated alkanes) is 3. The average molecular weight is 590 g/mol. The molecular formula is C27H31N3O10S. The van der Waals surface area contributed by atoms with Gasteiger partial charge in [-0.3, -0.25) is 14.6 Å². The molecule has 0 aliphatic rings. The topological polar surface area (TPSA) is 181 Å². The Bertz CT molecular complexity index is 1390. The third kappa shape index (κ3) is 9.92. The van der Waals surface area contributed by atoms with Gasteiger partial charge in [0.15, 0.2) is 0 Å². The van der Waals surface area contributed by atoms with Gasteiger partial charge in [-0.2, -0.15) is 0 Å². The number of nitrogens with one attached hydrogen (secondary N) is 1. The molecule has 2 aromatic carbocycles. The fraction of sp³-hybridized carbons (Fsp3) is 0.333. The molecule has 1 heterocycles. The molecule has 41 heavy (non-hydrogen) atoms. The number of esters is 1. The normalized spacial score (nSPS) is 11.3. The average Bonchev–Trinajstić information content (AvgIpc) is 3.37. The Labute approximate surface area is 236 Å². The maximum Gasteiger partial charge on any atom is 0.414 e.